The Morgan fingerprint density at radius 2 is 1.81 bits per heavy atom. The molecule has 0 bridgehead atoms. The van der Waals surface area contributed by atoms with E-state index in [4.69, 9.17) is 11.6 Å². The normalized spacial score (nSPS) is 11.3. The van der Waals surface area contributed by atoms with Gasteiger partial charge in [0, 0.05) is 16.3 Å². The lowest BCUT2D eigenvalue weighted by Crippen LogP contribution is -2.15. The summed E-state index contributed by atoms with van der Waals surface area (Å²) in [5, 5.41) is 2.75. The zero-order valence-corrected chi connectivity index (χ0v) is 11.1. The maximum absolute atomic E-state index is 13.1. The van der Waals surface area contributed by atoms with Crippen LogP contribution in [0.15, 0.2) is 42.5 Å². The summed E-state index contributed by atoms with van der Waals surface area (Å²) in [5.74, 6) is -2.22. The van der Waals surface area contributed by atoms with E-state index in [1.165, 1.54) is 12.1 Å². The van der Waals surface area contributed by atoms with Gasteiger partial charge in [-0.15, -0.1) is 0 Å². The fourth-order valence-electron chi connectivity index (χ4n) is 1.65. The highest BCUT2D eigenvalue weighted by molar-refractivity contribution is 6.30. The number of benzene rings is 2. The molecule has 0 heterocycles. The topological polar surface area (TPSA) is 29.1 Å². The summed E-state index contributed by atoms with van der Waals surface area (Å²) < 4.78 is 50.9. The molecule has 0 unspecified atom stereocenters. The van der Waals surface area contributed by atoms with Gasteiger partial charge in [0.05, 0.1) is 5.56 Å². The Hall–Kier alpha value is -2.08. The average molecular weight is 318 g/mol. The van der Waals surface area contributed by atoms with Crippen LogP contribution in [0.25, 0.3) is 0 Å². The molecule has 0 fully saturated rings. The highest BCUT2D eigenvalue weighted by Gasteiger charge is 2.34. The van der Waals surface area contributed by atoms with Crippen LogP contribution in [0.1, 0.15) is 15.9 Å². The second kappa shape index (κ2) is 5.73. The van der Waals surface area contributed by atoms with Crippen molar-refractivity contribution in [3.8, 4) is 0 Å². The van der Waals surface area contributed by atoms with Gasteiger partial charge in [-0.25, -0.2) is 4.39 Å². The summed E-state index contributed by atoms with van der Waals surface area (Å²) in [5.41, 5.74) is -1.46. The van der Waals surface area contributed by atoms with E-state index >= 15 is 0 Å². The van der Waals surface area contributed by atoms with Crippen LogP contribution in [-0.2, 0) is 6.18 Å². The molecule has 0 saturated heterocycles. The molecule has 110 valence electrons. The predicted molar refractivity (Wildman–Crippen MR) is 70.8 cm³/mol. The first-order chi connectivity index (χ1) is 9.77. The summed E-state index contributed by atoms with van der Waals surface area (Å²) in [6, 6.07) is 8.17. The summed E-state index contributed by atoms with van der Waals surface area (Å²) >= 11 is 5.73. The van der Waals surface area contributed by atoms with Crippen molar-refractivity contribution in [2.45, 2.75) is 6.18 Å². The quantitative estimate of drug-likeness (QED) is 0.796. The zero-order valence-electron chi connectivity index (χ0n) is 10.3. The molecule has 2 aromatic rings. The van der Waals surface area contributed by atoms with Crippen molar-refractivity contribution in [1.29, 1.82) is 0 Å². The molecule has 1 N–H and O–H groups in total. The van der Waals surface area contributed by atoms with Crippen LogP contribution < -0.4 is 5.32 Å². The van der Waals surface area contributed by atoms with Crippen LogP contribution in [0, 0.1) is 5.82 Å². The molecule has 7 heteroatoms. The van der Waals surface area contributed by atoms with Crippen LogP contribution >= 0.6 is 11.6 Å². The highest BCUT2D eigenvalue weighted by Crippen LogP contribution is 2.32. The highest BCUT2D eigenvalue weighted by atomic mass is 35.5. The van der Waals surface area contributed by atoms with E-state index in [-0.39, 0.29) is 5.56 Å². The van der Waals surface area contributed by atoms with Gasteiger partial charge in [-0.1, -0.05) is 17.7 Å². The van der Waals surface area contributed by atoms with Crippen molar-refractivity contribution in [3.05, 3.63) is 64.4 Å². The molecule has 0 aliphatic heterocycles. The molecule has 0 saturated carbocycles. The first-order valence-corrected chi connectivity index (χ1v) is 6.09. The van der Waals surface area contributed by atoms with Crippen LogP contribution in [0.2, 0.25) is 5.02 Å². The summed E-state index contributed by atoms with van der Waals surface area (Å²) in [6.45, 7) is 0. The van der Waals surface area contributed by atoms with Gasteiger partial charge in [-0.3, -0.25) is 4.79 Å². The van der Waals surface area contributed by atoms with Gasteiger partial charge in [-0.2, -0.15) is 13.2 Å². The number of hydrogen-bond donors (Lipinski definition) is 1. The van der Waals surface area contributed by atoms with Crippen molar-refractivity contribution in [1.82, 2.24) is 0 Å². The number of anilines is 1. The average Bonchev–Trinajstić information content (AvgIpc) is 2.37. The minimum absolute atomic E-state index is 0.302. The smallest absolute Gasteiger partial charge is 0.322 e. The second-order valence-corrected chi connectivity index (χ2v) is 4.59. The lowest BCUT2D eigenvalue weighted by atomic mass is 10.1. The SMILES string of the molecule is O=C(Nc1cccc(Cl)c1)c1ccc(F)c(C(F)(F)F)c1. The molecule has 0 aromatic heterocycles. The summed E-state index contributed by atoms with van der Waals surface area (Å²) in [7, 11) is 0. The van der Waals surface area contributed by atoms with Gasteiger partial charge in [0.15, 0.2) is 0 Å². The number of nitrogens with one attached hydrogen (secondary N) is 1. The third-order valence-corrected chi connectivity index (χ3v) is 2.85. The number of rotatable bonds is 2. The molecule has 0 spiro atoms. The molecular weight excluding hydrogens is 310 g/mol. The molecule has 0 aliphatic carbocycles. The zero-order chi connectivity index (χ0) is 15.6. The van der Waals surface area contributed by atoms with Gasteiger partial charge < -0.3 is 5.32 Å². The lowest BCUT2D eigenvalue weighted by molar-refractivity contribution is -0.140. The van der Waals surface area contributed by atoms with E-state index in [1.54, 1.807) is 12.1 Å². The van der Waals surface area contributed by atoms with E-state index in [0.29, 0.717) is 22.8 Å². The van der Waals surface area contributed by atoms with Crippen molar-refractivity contribution in [2.75, 3.05) is 5.32 Å². The fraction of sp³-hybridized carbons (Fsp3) is 0.0714. The van der Waals surface area contributed by atoms with E-state index < -0.39 is 23.5 Å². The number of carbonyl (C=O) groups excluding carboxylic acids is 1. The molecule has 2 rings (SSSR count). The monoisotopic (exact) mass is 317 g/mol. The van der Waals surface area contributed by atoms with Crippen molar-refractivity contribution in [3.63, 3.8) is 0 Å². The predicted octanol–water partition coefficient (Wildman–Crippen LogP) is 4.75. The van der Waals surface area contributed by atoms with Crippen molar-refractivity contribution >= 4 is 23.2 Å². The van der Waals surface area contributed by atoms with Gasteiger partial charge in [0.2, 0.25) is 0 Å². The molecule has 2 aromatic carbocycles. The number of amides is 1. The maximum atomic E-state index is 13.1. The molecule has 21 heavy (non-hydrogen) atoms. The van der Waals surface area contributed by atoms with Gasteiger partial charge in [0.25, 0.3) is 5.91 Å². The lowest BCUT2D eigenvalue weighted by Gasteiger charge is -2.10. The number of carbonyl (C=O) groups is 1. The fourth-order valence-corrected chi connectivity index (χ4v) is 1.84. The Bertz CT molecular complexity index is 685. The molecule has 0 radical (unpaired) electrons. The van der Waals surface area contributed by atoms with E-state index in [2.05, 4.69) is 5.32 Å². The third-order valence-electron chi connectivity index (χ3n) is 2.62. The Labute approximate surface area is 122 Å². The van der Waals surface area contributed by atoms with E-state index in [1.807, 2.05) is 0 Å². The van der Waals surface area contributed by atoms with Crippen LogP contribution in [0.4, 0.5) is 23.2 Å². The number of alkyl halides is 3. The van der Waals surface area contributed by atoms with Gasteiger partial charge in [0.1, 0.15) is 5.82 Å². The second-order valence-electron chi connectivity index (χ2n) is 4.16. The molecule has 2 nitrogen and oxygen atoms in total. The van der Waals surface area contributed by atoms with Crippen LogP contribution in [0.3, 0.4) is 0 Å². The first-order valence-electron chi connectivity index (χ1n) is 5.71. The Morgan fingerprint density at radius 1 is 1.10 bits per heavy atom. The van der Waals surface area contributed by atoms with Gasteiger partial charge >= 0.3 is 6.18 Å². The standard InChI is InChI=1S/C14H8ClF4NO/c15-9-2-1-3-10(7-9)20-13(21)8-4-5-12(16)11(6-8)14(17,18)19/h1-7H,(H,20,21). The number of halogens is 5. The van der Waals surface area contributed by atoms with Crippen molar-refractivity contribution < 1.29 is 22.4 Å². The first kappa shape index (κ1) is 15.3. The van der Waals surface area contributed by atoms with Crippen LogP contribution in [0.5, 0.6) is 0 Å². The molecular formula is C14H8ClF4NO. The summed E-state index contributed by atoms with van der Waals surface area (Å²) in [6.07, 6.45) is -4.86. The molecule has 1 amide bonds. The van der Waals surface area contributed by atoms with Crippen molar-refractivity contribution in [2.24, 2.45) is 0 Å². The third kappa shape index (κ3) is 3.72. The van der Waals surface area contributed by atoms with Crippen LogP contribution in [-0.4, -0.2) is 5.91 Å². The van der Waals surface area contributed by atoms with E-state index in [0.717, 1.165) is 6.07 Å². The maximum Gasteiger partial charge on any atom is 0.419 e. The Balaban J connectivity index is 2.28. The largest absolute Gasteiger partial charge is 0.419 e. The molecule has 0 atom stereocenters. The van der Waals surface area contributed by atoms with E-state index in [9.17, 15) is 22.4 Å². The Morgan fingerprint density at radius 3 is 2.43 bits per heavy atom. The summed E-state index contributed by atoms with van der Waals surface area (Å²) in [4.78, 5) is 11.9. The number of hydrogen-bond acceptors (Lipinski definition) is 1. The van der Waals surface area contributed by atoms with Gasteiger partial charge in [-0.05, 0) is 36.4 Å². The molecule has 0 aliphatic rings. The minimum atomic E-state index is -4.86. The minimum Gasteiger partial charge on any atom is -0.322 e. The Kier molecular flexibility index (Phi) is 4.18.